The van der Waals surface area contributed by atoms with Gasteiger partial charge >= 0.3 is 0 Å². The van der Waals surface area contributed by atoms with E-state index in [0.29, 0.717) is 24.5 Å². The average Bonchev–Trinajstić information content (AvgIpc) is 3.30. The number of rotatable bonds is 5. The third-order valence-electron chi connectivity index (χ3n) is 6.39. The van der Waals surface area contributed by atoms with Crippen LogP contribution in [-0.2, 0) is 0 Å². The standard InChI is InChI=1S/C28H27BrN2O/c1-3-32-27-14-8-19(16-25(27)29)17-30-21-11-9-20(10-12-21)28-23-6-4-5-22(23)24-15-18(2)7-13-26(24)31-28/h4-5,7-17,22-23,28,31H,3,6H2,1-2H3/t22-,23-,28-/m0/s1. The van der Waals surface area contributed by atoms with Crippen molar-refractivity contribution in [1.29, 1.82) is 0 Å². The second-order valence-electron chi connectivity index (χ2n) is 8.54. The predicted octanol–water partition coefficient (Wildman–Crippen LogP) is 7.73. The molecule has 0 saturated heterocycles. The van der Waals surface area contributed by atoms with Gasteiger partial charge in [-0.15, -0.1) is 0 Å². The fraction of sp³-hybridized carbons (Fsp3) is 0.250. The van der Waals surface area contributed by atoms with Crippen molar-refractivity contribution in [3.63, 3.8) is 0 Å². The zero-order chi connectivity index (χ0) is 22.1. The summed E-state index contributed by atoms with van der Waals surface area (Å²) in [6.45, 7) is 4.81. The highest BCUT2D eigenvalue weighted by atomic mass is 79.9. The number of nitrogens with zero attached hydrogens (tertiary/aromatic N) is 1. The molecule has 1 aliphatic heterocycles. The maximum absolute atomic E-state index is 5.58. The van der Waals surface area contributed by atoms with Crippen LogP contribution >= 0.6 is 15.9 Å². The monoisotopic (exact) mass is 486 g/mol. The largest absolute Gasteiger partial charge is 0.493 e. The summed E-state index contributed by atoms with van der Waals surface area (Å²) in [6, 6.07) is 21.7. The first-order valence-corrected chi connectivity index (χ1v) is 12.0. The number of anilines is 1. The zero-order valence-corrected chi connectivity index (χ0v) is 20.0. The number of aliphatic imine (C=N–C) groups is 1. The van der Waals surface area contributed by atoms with Gasteiger partial charge in [0.2, 0.25) is 0 Å². The van der Waals surface area contributed by atoms with Gasteiger partial charge < -0.3 is 10.1 Å². The van der Waals surface area contributed by atoms with E-state index in [0.717, 1.165) is 27.9 Å². The molecule has 0 unspecified atom stereocenters. The van der Waals surface area contributed by atoms with Crippen LogP contribution in [-0.4, -0.2) is 12.8 Å². The fourth-order valence-corrected chi connectivity index (χ4v) is 5.34. The van der Waals surface area contributed by atoms with Crippen molar-refractivity contribution in [2.24, 2.45) is 10.9 Å². The number of ether oxygens (including phenoxy) is 1. The molecule has 162 valence electrons. The topological polar surface area (TPSA) is 33.6 Å². The highest BCUT2D eigenvalue weighted by molar-refractivity contribution is 9.10. The molecule has 3 atom stereocenters. The summed E-state index contributed by atoms with van der Waals surface area (Å²) in [4.78, 5) is 4.67. The Kier molecular flexibility index (Phi) is 5.88. The lowest BCUT2D eigenvalue weighted by Gasteiger charge is -2.37. The van der Waals surface area contributed by atoms with Gasteiger partial charge in [0.25, 0.3) is 0 Å². The molecule has 3 aromatic carbocycles. The lowest BCUT2D eigenvalue weighted by atomic mass is 9.76. The molecular weight excluding hydrogens is 460 g/mol. The van der Waals surface area contributed by atoms with E-state index in [1.54, 1.807) is 0 Å². The molecule has 3 aromatic rings. The van der Waals surface area contributed by atoms with Crippen molar-refractivity contribution >= 4 is 33.5 Å². The number of aryl methyl sites for hydroxylation is 1. The number of hydrogen-bond donors (Lipinski definition) is 1. The maximum Gasteiger partial charge on any atom is 0.133 e. The fourth-order valence-electron chi connectivity index (χ4n) is 4.83. The Hall–Kier alpha value is -2.85. The molecule has 1 N–H and O–H groups in total. The summed E-state index contributed by atoms with van der Waals surface area (Å²) in [6.07, 6.45) is 7.74. The Labute approximate surface area is 198 Å². The molecule has 32 heavy (non-hydrogen) atoms. The molecule has 0 amide bonds. The smallest absolute Gasteiger partial charge is 0.133 e. The molecular formula is C28H27BrN2O. The van der Waals surface area contributed by atoms with Gasteiger partial charge in [0, 0.05) is 17.8 Å². The highest BCUT2D eigenvalue weighted by Crippen LogP contribution is 2.50. The molecule has 1 heterocycles. The van der Waals surface area contributed by atoms with Crippen LogP contribution in [0.15, 0.2) is 82.3 Å². The van der Waals surface area contributed by atoms with Crippen LogP contribution in [0.3, 0.4) is 0 Å². The Balaban J connectivity index is 1.34. The van der Waals surface area contributed by atoms with Gasteiger partial charge in [-0.3, -0.25) is 4.99 Å². The van der Waals surface area contributed by atoms with Gasteiger partial charge in [-0.1, -0.05) is 42.0 Å². The van der Waals surface area contributed by atoms with Gasteiger partial charge in [0.15, 0.2) is 0 Å². The second kappa shape index (κ2) is 8.95. The number of hydrogen-bond acceptors (Lipinski definition) is 3. The molecule has 0 radical (unpaired) electrons. The minimum Gasteiger partial charge on any atom is -0.493 e. The molecule has 4 heteroatoms. The number of halogens is 1. The van der Waals surface area contributed by atoms with E-state index in [2.05, 4.69) is 87.8 Å². The maximum atomic E-state index is 5.58. The van der Waals surface area contributed by atoms with E-state index < -0.39 is 0 Å². The van der Waals surface area contributed by atoms with Crippen LogP contribution in [0.5, 0.6) is 5.75 Å². The molecule has 0 aromatic heterocycles. The van der Waals surface area contributed by atoms with Gasteiger partial charge in [0.1, 0.15) is 5.75 Å². The first-order chi connectivity index (χ1) is 15.6. The van der Waals surface area contributed by atoms with E-state index in [1.165, 1.54) is 22.4 Å². The molecule has 2 aliphatic rings. The highest BCUT2D eigenvalue weighted by Gasteiger charge is 2.37. The Morgan fingerprint density at radius 3 is 2.72 bits per heavy atom. The first-order valence-electron chi connectivity index (χ1n) is 11.2. The van der Waals surface area contributed by atoms with Crippen LogP contribution in [0.4, 0.5) is 11.4 Å². The Morgan fingerprint density at radius 1 is 1.09 bits per heavy atom. The number of fused-ring (bicyclic) bond motifs is 3. The minimum absolute atomic E-state index is 0.310. The Bertz CT molecular complexity index is 1180. The number of nitrogens with one attached hydrogen (secondary N) is 1. The summed E-state index contributed by atoms with van der Waals surface area (Å²) >= 11 is 3.57. The van der Waals surface area contributed by atoms with Gasteiger partial charge in [0.05, 0.1) is 22.8 Å². The van der Waals surface area contributed by atoms with Crippen molar-refractivity contribution in [2.45, 2.75) is 32.2 Å². The van der Waals surface area contributed by atoms with Crippen LogP contribution in [0.2, 0.25) is 0 Å². The van der Waals surface area contributed by atoms with Gasteiger partial charge in [-0.25, -0.2) is 0 Å². The van der Waals surface area contributed by atoms with Crippen molar-refractivity contribution in [3.8, 4) is 5.75 Å². The minimum atomic E-state index is 0.310. The number of allylic oxidation sites excluding steroid dienone is 2. The molecule has 0 bridgehead atoms. The van der Waals surface area contributed by atoms with Crippen LogP contribution in [0.1, 0.15) is 47.6 Å². The summed E-state index contributed by atoms with van der Waals surface area (Å²) < 4.78 is 6.52. The quantitative estimate of drug-likeness (QED) is 0.295. The van der Waals surface area contributed by atoms with Gasteiger partial charge in [-0.2, -0.15) is 0 Å². The molecule has 3 nitrogen and oxygen atoms in total. The average molecular weight is 487 g/mol. The van der Waals surface area contributed by atoms with Gasteiger partial charge in [-0.05, 0) is 95.2 Å². The summed E-state index contributed by atoms with van der Waals surface area (Å²) in [5.41, 5.74) is 7.32. The zero-order valence-electron chi connectivity index (χ0n) is 18.4. The second-order valence-corrected chi connectivity index (χ2v) is 9.39. The number of benzene rings is 3. The van der Waals surface area contributed by atoms with E-state index >= 15 is 0 Å². The molecule has 0 fully saturated rings. The first kappa shape index (κ1) is 21.0. The molecule has 5 rings (SSSR count). The van der Waals surface area contributed by atoms with E-state index in [9.17, 15) is 0 Å². The van der Waals surface area contributed by atoms with E-state index in [4.69, 9.17) is 4.74 Å². The van der Waals surface area contributed by atoms with Crippen LogP contribution < -0.4 is 10.1 Å². The van der Waals surface area contributed by atoms with Crippen molar-refractivity contribution < 1.29 is 4.74 Å². The van der Waals surface area contributed by atoms with Crippen LogP contribution in [0.25, 0.3) is 0 Å². The van der Waals surface area contributed by atoms with Crippen LogP contribution in [0, 0.1) is 12.8 Å². The van der Waals surface area contributed by atoms with Crippen molar-refractivity contribution in [1.82, 2.24) is 0 Å². The van der Waals surface area contributed by atoms with E-state index in [-0.39, 0.29) is 0 Å². The predicted molar refractivity (Wildman–Crippen MR) is 137 cm³/mol. The third-order valence-corrected chi connectivity index (χ3v) is 7.01. The summed E-state index contributed by atoms with van der Waals surface area (Å²) in [7, 11) is 0. The lowest BCUT2D eigenvalue weighted by molar-refractivity contribution is 0.338. The lowest BCUT2D eigenvalue weighted by Crippen LogP contribution is -2.29. The molecule has 1 aliphatic carbocycles. The summed E-state index contributed by atoms with van der Waals surface area (Å²) in [5.74, 6) is 1.90. The Morgan fingerprint density at radius 2 is 1.94 bits per heavy atom. The van der Waals surface area contributed by atoms with Crippen molar-refractivity contribution in [2.75, 3.05) is 11.9 Å². The SMILES string of the molecule is CCOc1ccc(C=Nc2ccc([C@@H]3Nc4ccc(C)cc4[C@H]4C=CC[C@@H]43)cc2)cc1Br. The van der Waals surface area contributed by atoms with Crippen molar-refractivity contribution in [3.05, 3.63) is 99.5 Å². The van der Waals surface area contributed by atoms with E-state index in [1.807, 2.05) is 31.3 Å². The molecule has 0 spiro atoms. The normalized spacial score (nSPS) is 21.3. The third kappa shape index (κ3) is 4.12. The summed E-state index contributed by atoms with van der Waals surface area (Å²) in [5, 5.41) is 3.82. The molecule has 0 saturated carbocycles.